The van der Waals surface area contributed by atoms with E-state index in [-0.39, 0.29) is 6.10 Å². The highest BCUT2D eigenvalue weighted by atomic mass is 16.5. The molecule has 5 nitrogen and oxygen atoms in total. The molecule has 5 heteroatoms. The summed E-state index contributed by atoms with van der Waals surface area (Å²) in [7, 11) is 0. The number of hydrogen-bond acceptors (Lipinski definition) is 3. The molecular weight excluding hydrogens is 240 g/mol. The average molecular weight is 262 g/mol. The van der Waals surface area contributed by atoms with Crippen LogP contribution >= 0.6 is 0 Å². The van der Waals surface area contributed by atoms with Gasteiger partial charge in [-0.3, -0.25) is 0 Å². The summed E-state index contributed by atoms with van der Waals surface area (Å²) >= 11 is 0. The van der Waals surface area contributed by atoms with Gasteiger partial charge in [0.25, 0.3) is 0 Å². The number of ether oxygens (including phenoxy) is 1. The van der Waals surface area contributed by atoms with Gasteiger partial charge >= 0.3 is 0 Å². The van der Waals surface area contributed by atoms with Gasteiger partial charge in [-0.2, -0.15) is 0 Å². The molecule has 0 spiro atoms. The Bertz CT molecular complexity index is 515. The fourth-order valence-electron chi connectivity index (χ4n) is 2.23. The fraction of sp³-hybridized carbons (Fsp3) is 0.571. The molecule has 0 saturated carbocycles. The van der Waals surface area contributed by atoms with Crippen LogP contribution < -0.4 is 0 Å². The summed E-state index contributed by atoms with van der Waals surface area (Å²) in [5.41, 5.74) is 0. The van der Waals surface area contributed by atoms with Crippen LogP contribution in [0.25, 0.3) is 0 Å². The Balaban J connectivity index is 2.19. The highest BCUT2D eigenvalue weighted by Crippen LogP contribution is 2.16. The quantitative estimate of drug-likeness (QED) is 0.804. The van der Waals surface area contributed by atoms with E-state index in [0.717, 1.165) is 18.2 Å². The van der Waals surface area contributed by atoms with E-state index in [1.54, 1.807) is 0 Å². The Morgan fingerprint density at radius 2 is 1.89 bits per heavy atom. The van der Waals surface area contributed by atoms with Crippen molar-refractivity contribution in [1.82, 2.24) is 19.1 Å². The van der Waals surface area contributed by atoms with Crippen LogP contribution in [0.3, 0.4) is 0 Å². The molecule has 0 saturated heterocycles. The Hall–Kier alpha value is -1.62. The van der Waals surface area contributed by atoms with Gasteiger partial charge in [0.05, 0.1) is 6.54 Å². The zero-order chi connectivity index (χ0) is 13.8. The molecule has 0 aromatic carbocycles. The third-order valence-corrected chi connectivity index (χ3v) is 3.14. The monoisotopic (exact) mass is 262 g/mol. The third kappa shape index (κ3) is 3.04. The number of rotatable bonds is 6. The van der Waals surface area contributed by atoms with Crippen LogP contribution in [-0.4, -0.2) is 25.7 Å². The summed E-state index contributed by atoms with van der Waals surface area (Å²) in [6, 6.07) is 0.411. The van der Waals surface area contributed by atoms with Gasteiger partial charge in [0.2, 0.25) is 0 Å². The topological polar surface area (TPSA) is 44.9 Å². The second kappa shape index (κ2) is 6.02. The van der Waals surface area contributed by atoms with Crippen molar-refractivity contribution in [3.63, 3.8) is 0 Å². The van der Waals surface area contributed by atoms with Crippen molar-refractivity contribution in [2.75, 3.05) is 6.61 Å². The Morgan fingerprint density at radius 3 is 2.58 bits per heavy atom. The second-order valence-electron chi connectivity index (χ2n) is 4.86. The molecule has 0 aliphatic rings. The summed E-state index contributed by atoms with van der Waals surface area (Å²) in [5.74, 6) is 1.98. The summed E-state index contributed by atoms with van der Waals surface area (Å²) in [4.78, 5) is 8.82. The minimum atomic E-state index is 0.00228. The fourth-order valence-corrected chi connectivity index (χ4v) is 2.23. The Morgan fingerprint density at radius 1 is 1.16 bits per heavy atom. The predicted octanol–water partition coefficient (Wildman–Crippen LogP) is 2.81. The van der Waals surface area contributed by atoms with Gasteiger partial charge in [-0.15, -0.1) is 0 Å². The molecule has 104 valence electrons. The second-order valence-corrected chi connectivity index (χ2v) is 4.86. The number of imidazole rings is 2. The molecule has 2 aromatic rings. The van der Waals surface area contributed by atoms with Gasteiger partial charge in [0, 0.05) is 37.4 Å². The van der Waals surface area contributed by atoms with Crippen molar-refractivity contribution in [1.29, 1.82) is 0 Å². The van der Waals surface area contributed by atoms with Crippen molar-refractivity contribution in [3.05, 3.63) is 36.4 Å². The van der Waals surface area contributed by atoms with Gasteiger partial charge in [-0.1, -0.05) is 0 Å². The van der Waals surface area contributed by atoms with Crippen LogP contribution in [0.2, 0.25) is 0 Å². The number of aromatic nitrogens is 4. The predicted molar refractivity (Wildman–Crippen MR) is 74.0 cm³/mol. The summed E-state index contributed by atoms with van der Waals surface area (Å²) in [6.45, 7) is 9.74. The van der Waals surface area contributed by atoms with Crippen LogP contribution in [0.1, 0.15) is 51.5 Å². The molecule has 0 fully saturated rings. The standard InChI is InChI=1S/C14H22N4O/c1-5-19-12(4)14-16-6-8-17(14)10-13-15-7-9-18(13)11(2)3/h6-9,11-12H,5,10H2,1-4H3/t12-/m0/s1. The lowest BCUT2D eigenvalue weighted by atomic mass is 10.3. The first-order valence-electron chi connectivity index (χ1n) is 6.77. The van der Waals surface area contributed by atoms with Crippen LogP contribution in [0, 0.1) is 0 Å². The minimum Gasteiger partial charge on any atom is -0.371 e. The van der Waals surface area contributed by atoms with Crippen molar-refractivity contribution in [3.8, 4) is 0 Å². The van der Waals surface area contributed by atoms with E-state index < -0.39 is 0 Å². The molecule has 0 N–H and O–H groups in total. The molecule has 0 bridgehead atoms. The Kier molecular flexibility index (Phi) is 4.37. The van der Waals surface area contributed by atoms with E-state index in [9.17, 15) is 0 Å². The highest BCUT2D eigenvalue weighted by Gasteiger charge is 2.14. The molecule has 2 aromatic heterocycles. The average Bonchev–Trinajstić information content (AvgIpc) is 2.98. The van der Waals surface area contributed by atoms with Gasteiger partial charge in [-0.25, -0.2) is 9.97 Å². The molecule has 0 aliphatic carbocycles. The van der Waals surface area contributed by atoms with E-state index in [1.165, 1.54) is 0 Å². The van der Waals surface area contributed by atoms with Gasteiger partial charge in [0.1, 0.15) is 17.8 Å². The summed E-state index contributed by atoms with van der Waals surface area (Å²) in [5, 5.41) is 0. The SMILES string of the molecule is CCO[C@@H](C)c1nccn1Cc1nccn1C(C)C. The lowest BCUT2D eigenvalue weighted by Crippen LogP contribution is -2.14. The molecule has 2 rings (SSSR count). The molecule has 0 unspecified atom stereocenters. The van der Waals surface area contributed by atoms with E-state index in [4.69, 9.17) is 4.74 Å². The zero-order valence-corrected chi connectivity index (χ0v) is 12.1. The largest absolute Gasteiger partial charge is 0.371 e. The van der Waals surface area contributed by atoms with Crippen LogP contribution in [0.15, 0.2) is 24.8 Å². The molecule has 0 radical (unpaired) electrons. The lowest BCUT2D eigenvalue weighted by molar-refractivity contribution is 0.0676. The smallest absolute Gasteiger partial charge is 0.138 e. The normalized spacial score (nSPS) is 13.1. The van der Waals surface area contributed by atoms with Crippen LogP contribution in [0.4, 0.5) is 0 Å². The van der Waals surface area contributed by atoms with Crippen molar-refractivity contribution < 1.29 is 4.74 Å². The van der Waals surface area contributed by atoms with Crippen LogP contribution in [-0.2, 0) is 11.3 Å². The minimum absolute atomic E-state index is 0.00228. The van der Waals surface area contributed by atoms with Crippen molar-refractivity contribution in [2.24, 2.45) is 0 Å². The van der Waals surface area contributed by atoms with E-state index >= 15 is 0 Å². The maximum atomic E-state index is 5.61. The number of nitrogens with zero attached hydrogens (tertiary/aromatic N) is 4. The van der Waals surface area contributed by atoms with Gasteiger partial charge in [0.15, 0.2) is 0 Å². The van der Waals surface area contributed by atoms with Crippen molar-refractivity contribution in [2.45, 2.75) is 46.4 Å². The summed E-state index contributed by atoms with van der Waals surface area (Å²) < 4.78 is 9.89. The first-order valence-corrected chi connectivity index (χ1v) is 6.77. The van der Waals surface area contributed by atoms with E-state index in [1.807, 2.05) is 38.6 Å². The molecule has 2 heterocycles. The van der Waals surface area contributed by atoms with Crippen LogP contribution in [0.5, 0.6) is 0 Å². The van der Waals surface area contributed by atoms with E-state index in [2.05, 4.69) is 32.9 Å². The molecule has 1 atom stereocenters. The highest BCUT2D eigenvalue weighted by molar-refractivity contribution is 5.02. The molecule has 19 heavy (non-hydrogen) atoms. The Labute approximate surface area is 114 Å². The van der Waals surface area contributed by atoms with E-state index in [0.29, 0.717) is 12.6 Å². The molecule has 0 amide bonds. The maximum absolute atomic E-state index is 5.61. The number of hydrogen-bond donors (Lipinski definition) is 0. The first kappa shape index (κ1) is 13.8. The maximum Gasteiger partial charge on any atom is 0.138 e. The van der Waals surface area contributed by atoms with Gasteiger partial charge < -0.3 is 13.9 Å². The van der Waals surface area contributed by atoms with Crippen molar-refractivity contribution >= 4 is 0 Å². The lowest BCUT2D eigenvalue weighted by Gasteiger charge is -2.16. The zero-order valence-electron chi connectivity index (χ0n) is 12.1. The van der Waals surface area contributed by atoms with Gasteiger partial charge in [-0.05, 0) is 27.7 Å². The third-order valence-electron chi connectivity index (χ3n) is 3.14. The molecular formula is C14H22N4O. The summed E-state index contributed by atoms with van der Waals surface area (Å²) in [6.07, 6.45) is 7.65. The first-order chi connectivity index (χ1) is 9.13. The molecule has 0 aliphatic heterocycles.